The molecule has 0 spiro atoms. The topological polar surface area (TPSA) is 42.2 Å². The van der Waals surface area contributed by atoms with Crippen molar-refractivity contribution in [3.8, 4) is 0 Å². The van der Waals surface area contributed by atoms with E-state index >= 15 is 0 Å². The monoisotopic (exact) mass is 291 g/mol. The molecule has 0 unspecified atom stereocenters. The molecule has 0 bridgehead atoms. The molecule has 1 aromatic heterocycles. The molecule has 2 N–H and O–H groups in total. The lowest BCUT2D eigenvalue weighted by Gasteiger charge is -2.21. The summed E-state index contributed by atoms with van der Waals surface area (Å²) in [5.74, 6) is 0.630. The Hall–Kier alpha value is -0.360. The zero-order valence-electron chi connectivity index (χ0n) is 7.87. The van der Waals surface area contributed by atoms with Crippen LogP contribution < -0.4 is 5.73 Å². The van der Waals surface area contributed by atoms with Crippen LogP contribution in [0.4, 0.5) is 5.82 Å². The second-order valence-corrected chi connectivity index (χ2v) is 4.11. The number of nitrogens with zero attached hydrogens (tertiary/aromatic N) is 2. The Bertz CT molecular complexity index is 277. The third-order valence-electron chi connectivity index (χ3n) is 2.04. The highest BCUT2D eigenvalue weighted by molar-refractivity contribution is 14.1. The van der Waals surface area contributed by atoms with E-state index in [0.29, 0.717) is 11.9 Å². The van der Waals surface area contributed by atoms with E-state index in [1.165, 1.54) is 0 Å². The third kappa shape index (κ3) is 2.54. The zero-order valence-corrected chi connectivity index (χ0v) is 10.0. The molecule has 13 heavy (non-hydrogen) atoms. The molecule has 3 nitrogen and oxygen atoms in total. The van der Waals surface area contributed by atoms with Gasteiger partial charge in [0.05, 0.1) is 0 Å². The average molecular weight is 291 g/mol. The molecule has 1 heterocycles. The van der Waals surface area contributed by atoms with E-state index in [0.717, 1.165) is 12.1 Å². The number of nitrogens with two attached hydrogens (primary N) is 1. The number of pyridine rings is 1. The Labute approximate surface area is 92.8 Å². The highest BCUT2D eigenvalue weighted by atomic mass is 127. The minimum absolute atomic E-state index is 0.319. The predicted molar refractivity (Wildman–Crippen MR) is 63.5 cm³/mol. The number of hydrogen-bond donors (Lipinski definition) is 1. The van der Waals surface area contributed by atoms with Gasteiger partial charge in [0.1, 0.15) is 5.82 Å². The molecule has 72 valence electrons. The maximum atomic E-state index is 5.77. The molecule has 0 aliphatic rings. The van der Waals surface area contributed by atoms with E-state index in [1.807, 2.05) is 12.1 Å². The minimum Gasteiger partial charge on any atom is -0.383 e. The lowest BCUT2D eigenvalue weighted by Crippen LogP contribution is -2.17. The van der Waals surface area contributed by atoms with Gasteiger partial charge in [-0.25, -0.2) is 8.10 Å². The molecule has 1 aromatic rings. The Morgan fingerprint density at radius 1 is 1.69 bits per heavy atom. The van der Waals surface area contributed by atoms with E-state index in [9.17, 15) is 0 Å². The summed E-state index contributed by atoms with van der Waals surface area (Å²) in [5.41, 5.74) is 6.87. The molecular formula is C9H14IN3. The first-order chi connectivity index (χ1) is 6.16. The van der Waals surface area contributed by atoms with Gasteiger partial charge in [0.25, 0.3) is 0 Å². The molecule has 0 amide bonds. The lowest BCUT2D eigenvalue weighted by molar-refractivity contribution is 0.437. The molecule has 0 aromatic carbocycles. The summed E-state index contributed by atoms with van der Waals surface area (Å²) in [5, 5.41) is 0. The van der Waals surface area contributed by atoms with Crippen LogP contribution in [0.2, 0.25) is 0 Å². The SMILES string of the molecule is CCN(I)[C@@H](C)c1cccnc1N. The fourth-order valence-corrected chi connectivity index (χ4v) is 1.51. The molecule has 0 saturated heterocycles. The lowest BCUT2D eigenvalue weighted by atomic mass is 10.1. The molecule has 0 fully saturated rings. The van der Waals surface area contributed by atoms with Crippen LogP contribution in [0.25, 0.3) is 0 Å². The Kier molecular flexibility index (Phi) is 3.92. The molecule has 4 heteroatoms. The molecule has 0 saturated carbocycles. The second kappa shape index (κ2) is 4.76. The average Bonchev–Trinajstić information content (AvgIpc) is 2.16. The summed E-state index contributed by atoms with van der Waals surface area (Å²) >= 11 is 2.30. The molecular weight excluding hydrogens is 277 g/mol. The predicted octanol–water partition coefficient (Wildman–Crippen LogP) is 2.40. The number of nitrogen functional groups attached to an aromatic ring is 1. The number of halogens is 1. The first-order valence-electron chi connectivity index (χ1n) is 4.29. The van der Waals surface area contributed by atoms with E-state index in [-0.39, 0.29) is 0 Å². The summed E-state index contributed by atoms with van der Waals surface area (Å²) in [6.07, 6.45) is 1.72. The van der Waals surface area contributed by atoms with E-state index in [1.54, 1.807) is 6.20 Å². The van der Waals surface area contributed by atoms with Gasteiger partial charge >= 0.3 is 0 Å². The van der Waals surface area contributed by atoms with Crippen molar-refractivity contribution in [3.05, 3.63) is 23.9 Å². The van der Waals surface area contributed by atoms with Crippen molar-refractivity contribution in [2.75, 3.05) is 12.3 Å². The van der Waals surface area contributed by atoms with Gasteiger partial charge in [0.2, 0.25) is 0 Å². The van der Waals surface area contributed by atoms with Gasteiger partial charge in [-0.05, 0) is 13.0 Å². The molecule has 0 aliphatic carbocycles. The van der Waals surface area contributed by atoms with Crippen LogP contribution in [0, 0.1) is 0 Å². The first-order valence-corrected chi connectivity index (χ1v) is 5.26. The summed E-state index contributed by atoms with van der Waals surface area (Å²) < 4.78 is 2.20. The highest BCUT2D eigenvalue weighted by Crippen LogP contribution is 2.25. The van der Waals surface area contributed by atoms with E-state index in [4.69, 9.17) is 5.73 Å². The van der Waals surface area contributed by atoms with Crippen molar-refractivity contribution in [3.63, 3.8) is 0 Å². The van der Waals surface area contributed by atoms with Crippen molar-refractivity contribution in [2.45, 2.75) is 19.9 Å². The third-order valence-corrected chi connectivity index (χ3v) is 3.56. The molecule has 1 atom stereocenters. The van der Waals surface area contributed by atoms with Crippen molar-refractivity contribution in [1.29, 1.82) is 0 Å². The minimum atomic E-state index is 0.319. The fourth-order valence-electron chi connectivity index (χ4n) is 1.21. The van der Waals surface area contributed by atoms with E-state index < -0.39 is 0 Å². The summed E-state index contributed by atoms with van der Waals surface area (Å²) in [6.45, 7) is 5.24. The van der Waals surface area contributed by atoms with Crippen LogP contribution in [0.3, 0.4) is 0 Å². The molecule has 0 radical (unpaired) electrons. The first kappa shape index (κ1) is 10.7. The fraction of sp³-hybridized carbons (Fsp3) is 0.444. The Balaban J connectivity index is 2.88. The van der Waals surface area contributed by atoms with Crippen LogP contribution in [0.15, 0.2) is 18.3 Å². The second-order valence-electron chi connectivity index (χ2n) is 2.87. The zero-order chi connectivity index (χ0) is 9.84. The van der Waals surface area contributed by atoms with Gasteiger partial charge < -0.3 is 5.73 Å². The maximum Gasteiger partial charge on any atom is 0.128 e. The Morgan fingerprint density at radius 3 is 2.92 bits per heavy atom. The van der Waals surface area contributed by atoms with Gasteiger partial charge in [-0.15, -0.1) is 0 Å². The van der Waals surface area contributed by atoms with Crippen LogP contribution in [-0.4, -0.2) is 14.6 Å². The van der Waals surface area contributed by atoms with E-state index in [2.05, 4.69) is 44.8 Å². The van der Waals surface area contributed by atoms with Crippen molar-refractivity contribution in [2.24, 2.45) is 0 Å². The van der Waals surface area contributed by atoms with Crippen molar-refractivity contribution in [1.82, 2.24) is 8.10 Å². The normalized spacial score (nSPS) is 13.2. The summed E-state index contributed by atoms with van der Waals surface area (Å²) in [7, 11) is 0. The number of hydrogen-bond acceptors (Lipinski definition) is 3. The van der Waals surface area contributed by atoms with Crippen LogP contribution in [0.1, 0.15) is 25.5 Å². The van der Waals surface area contributed by atoms with Gasteiger partial charge in [-0.2, -0.15) is 0 Å². The van der Waals surface area contributed by atoms with Crippen LogP contribution in [-0.2, 0) is 0 Å². The number of anilines is 1. The number of aromatic nitrogens is 1. The van der Waals surface area contributed by atoms with Gasteiger partial charge in [0, 0.05) is 47.2 Å². The standard InChI is InChI=1S/C9H14IN3/c1-3-13(10)7(2)8-5-4-6-12-9(8)11/h4-7H,3H2,1-2H3,(H2,11,12)/t7-/m0/s1. The molecule has 1 rings (SSSR count). The van der Waals surface area contributed by atoms with Gasteiger partial charge in [-0.1, -0.05) is 13.0 Å². The van der Waals surface area contributed by atoms with Crippen molar-refractivity contribution >= 4 is 28.7 Å². The van der Waals surface area contributed by atoms with Crippen LogP contribution in [0.5, 0.6) is 0 Å². The maximum absolute atomic E-state index is 5.77. The number of rotatable bonds is 3. The Morgan fingerprint density at radius 2 is 2.38 bits per heavy atom. The van der Waals surface area contributed by atoms with Crippen LogP contribution >= 0.6 is 22.9 Å². The smallest absolute Gasteiger partial charge is 0.128 e. The highest BCUT2D eigenvalue weighted by Gasteiger charge is 2.13. The summed E-state index contributed by atoms with van der Waals surface area (Å²) in [6, 6.07) is 4.26. The van der Waals surface area contributed by atoms with Gasteiger partial charge in [0.15, 0.2) is 0 Å². The summed E-state index contributed by atoms with van der Waals surface area (Å²) in [4.78, 5) is 4.06. The largest absolute Gasteiger partial charge is 0.383 e. The molecule has 0 aliphatic heterocycles. The quantitative estimate of drug-likeness (QED) is 0.687. The van der Waals surface area contributed by atoms with Gasteiger partial charge in [-0.3, -0.25) is 0 Å². The van der Waals surface area contributed by atoms with Crippen molar-refractivity contribution < 1.29 is 0 Å².